The minimum absolute atomic E-state index is 0.0430. The molecular weight excluding hydrogens is 299 g/mol. The summed E-state index contributed by atoms with van der Waals surface area (Å²) in [6, 6.07) is 10.4. The first-order valence-corrected chi connectivity index (χ1v) is 6.49. The van der Waals surface area contributed by atoms with Crippen molar-refractivity contribution in [2.45, 2.75) is 0 Å². The highest BCUT2D eigenvalue weighted by Crippen LogP contribution is 2.37. The predicted molar refractivity (Wildman–Crippen MR) is 79.5 cm³/mol. The van der Waals surface area contributed by atoms with E-state index in [2.05, 4.69) is 9.97 Å². The van der Waals surface area contributed by atoms with Crippen LogP contribution in [0.2, 0.25) is 10.2 Å². The zero-order chi connectivity index (χ0) is 14.3. The molecular formula is C14H8Cl2N2O2. The zero-order valence-corrected chi connectivity index (χ0v) is 11.5. The van der Waals surface area contributed by atoms with Crippen LogP contribution in [0.4, 0.5) is 0 Å². The molecule has 0 unspecified atom stereocenters. The molecule has 0 saturated heterocycles. The number of fused-ring (bicyclic) bond motifs is 1. The first-order chi connectivity index (χ1) is 9.56. The Bertz CT molecular complexity index is 875. The van der Waals surface area contributed by atoms with Crippen LogP contribution in [0.15, 0.2) is 41.2 Å². The third-order valence-electron chi connectivity index (χ3n) is 2.95. The number of aromatic hydroxyl groups is 1. The topological polar surface area (TPSA) is 66.0 Å². The van der Waals surface area contributed by atoms with Crippen LogP contribution in [-0.4, -0.2) is 15.1 Å². The number of phenolic OH excluding ortho intramolecular Hbond substituents is 1. The lowest BCUT2D eigenvalue weighted by Gasteiger charge is -2.09. The third-order valence-corrected chi connectivity index (χ3v) is 3.47. The molecule has 3 rings (SSSR count). The molecule has 100 valence electrons. The summed E-state index contributed by atoms with van der Waals surface area (Å²) in [5.41, 5.74) is 1.09. The van der Waals surface area contributed by atoms with Crippen molar-refractivity contribution in [2.75, 3.05) is 0 Å². The number of halogens is 2. The van der Waals surface area contributed by atoms with E-state index >= 15 is 0 Å². The van der Waals surface area contributed by atoms with E-state index in [9.17, 15) is 9.90 Å². The van der Waals surface area contributed by atoms with E-state index in [1.165, 1.54) is 0 Å². The quantitative estimate of drug-likeness (QED) is 0.675. The molecule has 2 N–H and O–H groups in total. The molecule has 0 bridgehead atoms. The van der Waals surface area contributed by atoms with Gasteiger partial charge in [0, 0.05) is 10.6 Å². The van der Waals surface area contributed by atoms with Gasteiger partial charge in [0.2, 0.25) is 0 Å². The SMILES string of the molecule is O=c1nc2ccc(-c3cccc(Cl)c3)c(O)c2c(Cl)[nH]1. The predicted octanol–water partition coefficient (Wildman–Crippen LogP) is 3.60. The van der Waals surface area contributed by atoms with Crippen molar-refractivity contribution >= 4 is 34.1 Å². The summed E-state index contributed by atoms with van der Waals surface area (Å²) in [5.74, 6) is -0.0430. The summed E-state index contributed by atoms with van der Waals surface area (Å²) in [7, 11) is 0. The van der Waals surface area contributed by atoms with Gasteiger partial charge in [0.15, 0.2) is 0 Å². The van der Waals surface area contributed by atoms with Crippen LogP contribution >= 0.6 is 23.2 Å². The molecule has 0 amide bonds. The van der Waals surface area contributed by atoms with Crippen LogP contribution in [0.5, 0.6) is 5.75 Å². The summed E-state index contributed by atoms with van der Waals surface area (Å²) in [5, 5.41) is 11.3. The molecule has 2 aromatic carbocycles. The minimum Gasteiger partial charge on any atom is -0.506 e. The average molecular weight is 307 g/mol. The van der Waals surface area contributed by atoms with Gasteiger partial charge in [-0.15, -0.1) is 0 Å². The number of H-pyrrole nitrogens is 1. The van der Waals surface area contributed by atoms with Crippen molar-refractivity contribution in [3.8, 4) is 16.9 Å². The van der Waals surface area contributed by atoms with Gasteiger partial charge >= 0.3 is 5.69 Å². The number of hydrogen-bond acceptors (Lipinski definition) is 3. The van der Waals surface area contributed by atoms with Crippen LogP contribution < -0.4 is 5.69 Å². The molecule has 0 aliphatic rings. The Kier molecular flexibility index (Phi) is 3.12. The first-order valence-electron chi connectivity index (χ1n) is 5.73. The average Bonchev–Trinajstić information content (AvgIpc) is 2.38. The maximum Gasteiger partial charge on any atom is 0.346 e. The van der Waals surface area contributed by atoms with Crippen molar-refractivity contribution in [1.82, 2.24) is 9.97 Å². The summed E-state index contributed by atoms with van der Waals surface area (Å²) in [6.45, 7) is 0. The molecule has 0 saturated carbocycles. The highest BCUT2D eigenvalue weighted by atomic mass is 35.5. The number of aromatic nitrogens is 2. The highest BCUT2D eigenvalue weighted by molar-refractivity contribution is 6.34. The maximum atomic E-state index is 11.3. The Morgan fingerprint density at radius 3 is 2.70 bits per heavy atom. The van der Waals surface area contributed by atoms with E-state index in [0.29, 0.717) is 21.5 Å². The number of benzene rings is 2. The molecule has 3 aromatic rings. The standard InChI is InChI=1S/C14H8Cl2N2O2/c15-8-3-1-2-7(6-8)9-4-5-10-11(12(9)19)13(16)18-14(20)17-10/h1-6,19H,(H,17,18,20). The number of aromatic amines is 1. The molecule has 0 radical (unpaired) electrons. The molecule has 1 heterocycles. The summed E-state index contributed by atoms with van der Waals surface area (Å²) in [6.07, 6.45) is 0. The second-order valence-corrected chi connectivity index (χ2v) is 5.04. The van der Waals surface area contributed by atoms with Gasteiger partial charge in [-0.1, -0.05) is 35.3 Å². The Balaban J connectivity index is 2.34. The molecule has 0 spiro atoms. The van der Waals surface area contributed by atoms with Gasteiger partial charge in [-0.05, 0) is 29.8 Å². The van der Waals surface area contributed by atoms with Gasteiger partial charge in [0.25, 0.3) is 0 Å². The monoisotopic (exact) mass is 306 g/mol. The fraction of sp³-hybridized carbons (Fsp3) is 0. The van der Waals surface area contributed by atoms with E-state index in [4.69, 9.17) is 23.2 Å². The lowest BCUT2D eigenvalue weighted by atomic mass is 10.0. The fourth-order valence-electron chi connectivity index (χ4n) is 2.07. The van der Waals surface area contributed by atoms with Gasteiger partial charge in [-0.2, -0.15) is 4.98 Å². The Morgan fingerprint density at radius 2 is 1.95 bits per heavy atom. The van der Waals surface area contributed by atoms with E-state index in [-0.39, 0.29) is 10.9 Å². The number of phenols is 1. The Labute approximate surface area is 123 Å². The van der Waals surface area contributed by atoms with Gasteiger partial charge < -0.3 is 5.11 Å². The second kappa shape index (κ2) is 4.81. The van der Waals surface area contributed by atoms with E-state index in [1.54, 1.807) is 30.3 Å². The Morgan fingerprint density at radius 1 is 1.15 bits per heavy atom. The lowest BCUT2D eigenvalue weighted by molar-refractivity contribution is 0.483. The van der Waals surface area contributed by atoms with Crippen molar-refractivity contribution in [3.05, 3.63) is 57.1 Å². The number of rotatable bonds is 1. The first kappa shape index (κ1) is 13.0. The molecule has 4 nitrogen and oxygen atoms in total. The van der Waals surface area contributed by atoms with Gasteiger partial charge in [0.05, 0.1) is 10.9 Å². The third kappa shape index (κ3) is 2.13. The molecule has 0 aliphatic heterocycles. The number of nitrogens with zero attached hydrogens (tertiary/aromatic N) is 1. The summed E-state index contributed by atoms with van der Waals surface area (Å²) in [4.78, 5) is 17.4. The van der Waals surface area contributed by atoms with E-state index in [0.717, 1.165) is 5.56 Å². The number of nitrogens with one attached hydrogen (secondary N) is 1. The fourth-order valence-corrected chi connectivity index (χ4v) is 2.53. The molecule has 1 aromatic heterocycles. The van der Waals surface area contributed by atoms with Crippen LogP contribution in [0.25, 0.3) is 22.0 Å². The van der Waals surface area contributed by atoms with E-state index in [1.807, 2.05) is 6.07 Å². The van der Waals surface area contributed by atoms with Gasteiger partial charge in [0.1, 0.15) is 10.9 Å². The van der Waals surface area contributed by atoms with Crippen LogP contribution in [0.3, 0.4) is 0 Å². The molecule has 6 heteroatoms. The second-order valence-electron chi connectivity index (χ2n) is 4.22. The largest absolute Gasteiger partial charge is 0.506 e. The minimum atomic E-state index is -0.558. The smallest absolute Gasteiger partial charge is 0.346 e. The van der Waals surface area contributed by atoms with Crippen LogP contribution in [-0.2, 0) is 0 Å². The van der Waals surface area contributed by atoms with Crippen LogP contribution in [0, 0.1) is 0 Å². The molecule has 0 fully saturated rings. The van der Waals surface area contributed by atoms with Crippen molar-refractivity contribution in [2.24, 2.45) is 0 Å². The van der Waals surface area contributed by atoms with E-state index < -0.39 is 5.69 Å². The zero-order valence-electron chi connectivity index (χ0n) is 10.0. The normalized spacial score (nSPS) is 10.9. The highest BCUT2D eigenvalue weighted by Gasteiger charge is 2.13. The van der Waals surface area contributed by atoms with Crippen molar-refractivity contribution in [1.29, 1.82) is 0 Å². The van der Waals surface area contributed by atoms with Crippen LogP contribution in [0.1, 0.15) is 0 Å². The molecule has 0 aliphatic carbocycles. The Hall–Kier alpha value is -2.04. The lowest BCUT2D eigenvalue weighted by Crippen LogP contribution is -2.09. The van der Waals surface area contributed by atoms with Crippen molar-refractivity contribution in [3.63, 3.8) is 0 Å². The summed E-state index contributed by atoms with van der Waals surface area (Å²) < 4.78 is 0. The molecule has 20 heavy (non-hydrogen) atoms. The van der Waals surface area contributed by atoms with Gasteiger partial charge in [-0.25, -0.2) is 4.79 Å². The molecule has 0 atom stereocenters. The van der Waals surface area contributed by atoms with Crippen molar-refractivity contribution < 1.29 is 5.11 Å². The summed E-state index contributed by atoms with van der Waals surface area (Å²) >= 11 is 11.9. The maximum absolute atomic E-state index is 11.3. The number of hydrogen-bond donors (Lipinski definition) is 2. The van der Waals surface area contributed by atoms with Gasteiger partial charge in [-0.3, -0.25) is 4.98 Å².